The van der Waals surface area contributed by atoms with Gasteiger partial charge in [-0.3, -0.25) is 9.10 Å². The number of ether oxygens (including phenoxy) is 2. The number of benzene rings is 3. The van der Waals surface area contributed by atoms with Crippen LogP contribution in [0.4, 0.5) is 5.69 Å². The molecule has 1 heterocycles. The minimum Gasteiger partial charge on any atom is -0.493 e. The maximum atomic E-state index is 13.8. The summed E-state index contributed by atoms with van der Waals surface area (Å²) in [5.41, 5.74) is 3.98. The summed E-state index contributed by atoms with van der Waals surface area (Å²) in [6.07, 6.45) is 5.25. The third kappa shape index (κ3) is 5.97. The third-order valence-corrected chi connectivity index (χ3v) is 7.72. The summed E-state index contributed by atoms with van der Waals surface area (Å²) in [6.45, 7) is 3.61. The monoisotopic (exact) mass is 534 g/mol. The van der Waals surface area contributed by atoms with Crippen LogP contribution >= 0.6 is 0 Å². The van der Waals surface area contributed by atoms with Gasteiger partial charge in [0.2, 0.25) is 5.91 Å². The lowest BCUT2D eigenvalue weighted by atomic mass is 10.1. The fourth-order valence-electron chi connectivity index (χ4n) is 4.10. The molecule has 0 aliphatic heterocycles. The summed E-state index contributed by atoms with van der Waals surface area (Å²) in [6, 6.07) is 17.4. The number of aryl methyl sites for hydroxylation is 2. The minimum atomic E-state index is -4.13. The molecule has 0 aliphatic carbocycles. The van der Waals surface area contributed by atoms with Crippen LogP contribution in [0.1, 0.15) is 16.7 Å². The van der Waals surface area contributed by atoms with Crippen molar-refractivity contribution in [1.82, 2.24) is 14.9 Å². The fourth-order valence-corrected chi connectivity index (χ4v) is 5.52. The zero-order valence-corrected chi connectivity index (χ0v) is 22.5. The Hall–Kier alpha value is -4.31. The lowest BCUT2D eigenvalue weighted by Crippen LogP contribution is -2.40. The topological polar surface area (TPSA) is 103 Å². The molecule has 4 rings (SSSR count). The molecule has 9 nitrogen and oxygen atoms in total. The van der Waals surface area contributed by atoms with Crippen LogP contribution in [0.15, 0.2) is 84.3 Å². The standard InChI is InChI=1S/C28H30N4O5S/c1-20-13-21(2)15-24(14-20)32(38(34,35)25-9-10-26(36-3)27(16-25)37-4)18-28(33)30-17-22-5-7-23(8-6-22)31-12-11-29-19-31/h5-16,19H,17-18H2,1-4H3,(H,30,33). The van der Waals surface area contributed by atoms with E-state index in [1.807, 2.05) is 54.9 Å². The number of rotatable bonds is 10. The number of carbonyl (C=O) groups is 1. The number of amides is 1. The highest BCUT2D eigenvalue weighted by Crippen LogP contribution is 2.32. The summed E-state index contributed by atoms with van der Waals surface area (Å²) in [4.78, 5) is 17.1. The normalized spacial score (nSPS) is 11.2. The summed E-state index contributed by atoms with van der Waals surface area (Å²) in [7, 11) is -1.21. The molecule has 0 fully saturated rings. The summed E-state index contributed by atoms with van der Waals surface area (Å²) >= 11 is 0. The maximum Gasteiger partial charge on any atom is 0.264 e. The van der Waals surface area contributed by atoms with Gasteiger partial charge in [-0.25, -0.2) is 13.4 Å². The largest absolute Gasteiger partial charge is 0.493 e. The highest BCUT2D eigenvalue weighted by atomic mass is 32.2. The predicted octanol–water partition coefficient (Wildman–Crippen LogP) is 4.02. The second-order valence-corrected chi connectivity index (χ2v) is 10.6. The Morgan fingerprint density at radius 3 is 2.24 bits per heavy atom. The zero-order chi connectivity index (χ0) is 27.3. The van der Waals surface area contributed by atoms with Crippen molar-refractivity contribution in [3.05, 3.63) is 96.1 Å². The van der Waals surface area contributed by atoms with E-state index in [0.29, 0.717) is 11.4 Å². The van der Waals surface area contributed by atoms with E-state index < -0.39 is 22.5 Å². The second-order valence-electron chi connectivity index (χ2n) is 8.79. The van der Waals surface area contributed by atoms with Crippen LogP contribution in [0.25, 0.3) is 5.69 Å². The van der Waals surface area contributed by atoms with Crippen molar-refractivity contribution in [2.24, 2.45) is 0 Å². The number of nitrogens with one attached hydrogen (secondary N) is 1. The van der Waals surface area contributed by atoms with Gasteiger partial charge in [-0.1, -0.05) is 18.2 Å². The summed E-state index contributed by atoms with van der Waals surface area (Å²) < 4.78 is 41.2. The zero-order valence-electron chi connectivity index (χ0n) is 21.7. The summed E-state index contributed by atoms with van der Waals surface area (Å²) in [5.74, 6) is 0.241. The first-order valence-corrected chi connectivity index (χ1v) is 13.3. The van der Waals surface area contributed by atoms with E-state index in [0.717, 1.165) is 26.7 Å². The molecule has 1 N–H and O–H groups in total. The molecule has 4 aromatic rings. The molecule has 1 aromatic heterocycles. The van der Waals surface area contributed by atoms with Crippen LogP contribution in [0, 0.1) is 13.8 Å². The maximum absolute atomic E-state index is 13.8. The molecule has 198 valence electrons. The van der Waals surface area contributed by atoms with E-state index in [1.54, 1.807) is 24.7 Å². The Balaban J connectivity index is 1.58. The van der Waals surface area contributed by atoms with Crippen LogP contribution in [0.5, 0.6) is 11.5 Å². The van der Waals surface area contributed by atoms with Crippen LogP contribution in [0.2, 0.25) is 0 Å². The highest BCUT2D eigenvalue weighted by molar-refractivity contribution is 7.92. The van der Waals surface area contributed by atoms with Gasteiger partial charge in [0.1, 0.15) is 6.54 Å². The average Bonchev–Trinajstić information content (AvgIpc) is 3.45. The Morgan fingerprint density at radius 2 is 1.63 bits per heavy atom. The molecule has 0 aliphatic rings. The molecule has 3 aromatic carbocycles. The highest BCUT2D eigenvalue weighted by Gasteiger charge is 2.28. The van der Waals surface area contributed by atoms with E-state index in [4.69, 9.17) is 9.47 Å². The van der Waals surface area contributed by atoms with Crippen molar-refractivity contribution in [1.29, 1.82) is 0 Å². The molecule has 0 radical (unpaired) electrons. The van der Waals surface area contributed by atoms with Gasteiger partial charge in [-0.05, 0) is 66.9 Å². The van der Waals surface area contributed by atoms with Gasteiger partial charge in [0.25, 0.3) is 10.0 Å². The van der Waals surface area contributed by atoms with Crippen molar-refractivity contribution >= 4 is 21.6 Å². The molecule has 0 saturated heterocycles. The number of aromatic nitrogens is 2. The lowest BCUT2D eigenvalue weighted by Gasteiger charge is -2.25. The van der Waals surface area contributed by atoms with Crippen LogP contribution < -0.4 is 19.1 Å². The lowest BCUT2D eigenvalue weighted by molar-refractivity contribution is -0.119. The SMILES string of the molecule is COc1ccc(S(=O)(=O)N(CC(=O)NCc2ccc(-n3ccnc3)cc2)c2cc(C)cc(C)c2)cc1OC. The molecular formula is C28H30N4O5S. The second kappa shape index (κ2) is 11.4. The van der Waals surface area contributed by atoms with Gasteiger partial charge < -0.3 is 19.4 Å². The van der Waals surface area contributed by atoms with Crippen molar-refractivity contribution in [2.45, 2.75) is 25.3 Å². The molecule has 1 amide bonds. The first-order chi connectivity index (χ1) is 18.2. The molecule has 0 saturated carbocycles. The number of sulfonamides is 1. The van der Waals surface area contributed by atoms with E-state index >= 15 is 0 Å². The number of methoxy groups -OCH3 is 2. The van der Waals surface area contributed by atoms with Gasteiger partial charge in [0, 0.05) is 30.7 Å². The first kappa shape index (κ1) is 26.7. The Morgan fingerprint density at radius 1 is 0.947 bits per heavy atom. The first-order valence-electron chi connectivity index (χ1n) is 11.9. The average molecular weight is 535 g/mol. The van der Waals surface area contributed by atoms with Crippen LogP contribution in [-0.4, -0.2) is 44.6 Å². The van der Waals surface area contributed by atoms with Crippen molar-refractivity contribution < 1.29 is 22.7 Å². The van der Waals surface area contributed by atoms with Gasteiger partial charge in [-0.2, -0.15) is 0 Å². The molecule has 38 heavy (non-hydrogen) atoms. The van der Waals surface area contributed by atoms with Crippen molar-refractivity contribution in [3.8, 4) is 17.2 Å². The van der Waals surface area contributed by atoms with E-state index in [-0.39, 0.29) is 17.2 Å². The van der Waals surface area contributed by atoms with E-state index in [1.165, 1.54) is 32.4 Å². The smallest absolute Gasteiger partial charge is 0.264 e. The fraction of sp³-hybridized carbons (Fsp3) is 0.214. The quantitative estimate of drug-likeness (QED) is 0.330. The van der Waals surface area contributed by atoms with Gasteiger partial charge in [-0.15, -0.1) is 0 Å². The Bertz CT molecular complexity index is 1500. The number of hydrogen-bond donors (Lipinski definition) is 1. The third-order valence-electron chi connectivity index (χ3n) is 5.95. The number of imidazole rings is 1. The van der Waals surface area contributed by atoms with E-state index in [2.05, 4.69) is 10.3 Å². The number of nitrogens with zero attached hydrogens (tertiary/aromatic N) is 3. The molecule has 0 bridgehead atoms. The van der Waals surface area contributed by atoms with Gasteiger partial charge in [0.15, 0.2) is 11.5 Å². The number of carbonyl (C=O) groups excluding carboxylic acids is 1. The van der Waals surface area contributed by atoms with Crippen molar-refractivity contribution in [3.63, 3.8) is 0 Å². The van der Waals surface area contributed by atoms with Gasteiger partial charge >= 0.3 is 0 Å². The molecule has 10 heteroatoms. The van der Waals surface area contributed by atoms with Crippen LogP contribution in [-0.2, 0) is 21.4 Å². The minimum absolute atomic E-state index is 0.0165. The number of anilines is 1. The molecular weight excluding hydrogens is 504 g/mol. The van der Waals surface area contributed by atoms with Gasteiger partial charge in [0.05, 0.1) is 31.1 Å². The number of hydrogen-bond acceptors (Lipinski definition) is 6. The van der Waals surface area contributed by atoms with Crippen LogP contribution in [0.3, 0.4) is 0 Å². The summed E-state index contributed by atoms with van der Waals surface area (Å²) in [5, 5.41) is 2.84. The predicted molar refractivity (Wildman–Crippen MR) is 145 cm³/mol. The molecule has 0 spiro atoms. The molecule has 0 atom stereocenters. The Labute approximate surface area is 222 Å². The van der Waals surface area contributed by atoms with Crippen molar-refractivity contribution in [2.75, 3.05) is 25.1 Å². The van der Waals surface area contributed by atoms with E-state index in [9.17, 15) is 13.2 Å². The Kier molecular flexibility index (Phi) is 8.02. The molecule has 0 unspecified atom stereocenters.